The van der Waals surface area contributed by atoms with Crippen molar-refractivity contribution in [2.75, 3.05) is 12.3 Å². The molecule has 3 N–H and O–H groups in total. The molecule has 0 aromatic heterocycles. The van der Waals surface area contributed by atoms with Gasteiger partial charge in [0.15, 0.2) is 0 Å². The van der Waals surface area contributed by atoms with Gasteiger partial charge in [-0.3, -0.25) is 0 Å². The number of aliphatic hydroxyl groups is 1. The monoisotopic (exact) mass is 220 g/mol. The molecule has 0 bridgehead atoms. The lowest BCUT2D eigenvalue weighted by atomic mass is 9.96. The summed E-state index contributed by atoms with van der Waals surface area (Å²) >= 11 is 0. The zero-order valence-corrected chi connectivity index (χ0v) is 10.2. The number of hydrogen-bond acceptors (Lipinski definition) is 3. The van der Waals surface area contributed by atoms with Gasteiger partial charge in [-0.2, -0.15) is 5.26 Å². The highest BCUT2D eigenvalue weighted by molar-refractivity contribution is 5.52. The van der Waals surface area contributed by atoms with Crippen molar-refractivity contribution in [3.63, 3.8) is 0 Å². The number of benzene rings is 1. The standard InChI is InChI=1S/C10H15N.C3H5NO/c1-7(2)10-8(3)5-4-6-9(10)11;4-2-1-3-5/h4-7H,11H2,1-3H3;5H,1,3H2. The van der Waals surface area contributed by atoms with E-state index >= 15 is 0 Å². The minimum atomic E-state index is -0.0174. The van der Waals surface area contributed by atoms with Gasteiger partial charge < -0.3 is 10.8 Å². The predicted octanol–water partition coefficient (Wildman–Crippen LogP) is 2.59. The van der Waals surface area contributed by atoms with Crippen LogP contribution < -0.4 is 5.73 Å². The zero-order chi connectivity index (χ0) is 12.6. The van der Waals surface area contributed by atoms with Crippen molar-refractivity contribution >= 4 is 5.69 Å². The molecule has 16 heavy (non-hydrogen) atoms. The Kier molecular flexibility index (Phi) is 6.98. The molecule has 1 aromatic carbocycles. The summed E-state index contributed by atoms with van der Waals surface area (Å²) in [7, 11) is 0. The van der Waals surface area contributed by atoms with Gasteiger partial charge >= 0.3 is 0 Å². The molecule has 0 saturated carbocycles. The number of nitrogen functional groups attached to an aromatic ring is 1. The van der Waals surface area contributed by atoms with Gasteiger partial charge in [0.25, 0.3) is 0 Å². The molecule has 1 aromatic rings. The molecule has 0 unspecified atom stereocenters. The number of aryl methyl sites for hydroxylation is 1. The summed E-state index contributed by atoms with van der Waals surface area (Å²) in [6.45, 7) is 6.42. The van der Waals surface area contributed by atoms with E-state index in [0.29, 0.717) is 5.92 Å². The second-order valence-corrected chi connectivity index (χ2v) is 3.86. The van der Waals surface area contributed by atoms with Crippen molar-refractivity contribution in [1.29, 1.82) is 5.26 Å². The molecule has 0 spiro atoms. The molecule has 0 aliphatic heterocycles. The largest absolute Gasteiger partial charge is 0.398 e. The summed E-state index contributed by atoms with van der Waals surface area (Å²) < 4.78 is 0. The molecular weight excluding hydrogens is 200 g/mol. The molecular formula is C13H20N2O. The second-order valence-electron chi connectivity index (χ2n) is 3.86. The molecule has 0 radical (unpaired) electrons. The number of nitrogens with zero attached hydrogens (tertiary/aromatic N) is 1. The molecule has 3 nitrogen and oxygen atoms in total. The van der Waals surface area contributed by atoms with Gasteiger partial charge in [0.05, 0.1) is 19.1 Å². The molecule has 0 aliphatic carbocycles. The number of anilines is 1. The molecule has 0 fully saturated rings. The van der Waals surface area contributed by atoms with Crippen LogP contribution in [0.3, 0.4) is 0 Å². The van der Waals surface area contributed by atoms with E-state index < -0.39 is 0 Å². The molecule has 0 atom stereocenters. The number of rotatable bonds is 2. The minimum absolute atomic E-state index is 0.0174. The van der Waals surface area contributed by atoms with Crippen LogP contribution in [-0.4, -0.2) is 11.7 Å². The normalized spacial score (nSPS) is 9.25. The van der Waals surface area contributed by atoms with Crippen molar-refractivity contribution in [2.24, 2.45) is 0 Å². The topological polar surface area (TPSA) is 70.0 Å². The average molecular weight is 220 g/mol. The summed E-state index contributed by atoms with van der Waals surface area (Å²) in [6, 6.07) is 7.83. The lowest BCUT2D eigenvalue weighted by Gasteiger charge is -2.11. The number of nitrogens with two attached hydrogens (primary N) is 1. The average Bonchev–Trinajstić information content (AvgIpc) is 2.19. The second kappa shape index (κ2) is 7.72. The fourth-order valence-electron chi connectivity index (χ4n) is 1.54. The van der Waals surface area contributed by atoms with E-state index in [1.807, 2.05) is 12.1 Å². The Bertz CT molecular complexity index is 333. The zero-order valence-electron chi connectivity index (χ0n) is 10.2. The fraction of sp³-hybridized carbons (Fsp3) is 0.462. The van der Waals surface area contributed by atoms with Crippen molar-refractivity contribution in [3.8, 4) is 6.07 Å². The smallest absolute Gasteiger partial charge is 0.0645 e. The molecule has 3 heteroatoms. The maximum Gasteiger partial charge on any atom is 0.0645 e. The van der Waals surface area contributed by atoms with Crippen LogP contribution in [0, 0.1) is 18.3 Å². The molecule has 0 heterocycles. The van der Waals surface area contributed by atoms with Crippen molar-refractivity contribution in [2.45, 2.75) is 33.1 Å². The third-order valence-electron chi connectivity index (χ3n) is 2.16. The van der Waals surface area contributed by atoms with Crippen LogP contribution in [0.2, 0.25) is 0 Å². The highest BCUT2D eigenvalue weighted by atomic mass is 16.2. The Hall–Kier alpha value is -1.53. The molecule has 1 rings (SSSR count). The van der Waals surface area contributed by atoms with Crippen LogP contribution in [0.5, 0.6) is 0 Å². The van der Waals surface area contributed by atoms with Gasteiger partial charge in [-0.15, -0.1) is 0 Å². The van der Waals surface area contributed by atoms with E-state index in [1.54, 1.807) is 6.07 Å². The van der Waals surface area contributed by atoms with Crippen LogP contribution in [0.25, 0.3) is 0 Å². The lowest BCUT2D eigenvalue weighted by Crippen LogP contribution is -1.98. The Morgan fingerprint density at radius 3 is 2.31 bits per heavy atom. The molecule has 0 aliphatic rings. The molecule has 0 amide bonds. The number of hydrogen-bond donors (Lipinski definition) is 2. The Morgan fingerprint density at radius 2 is 2.06 bits per heavy atom. The SMILES string of the molecule is Cc1cccc(N)c1C(C)C.N#CCCO. The van der Waals surface area contributed by atoms with Gasteiger partial charge in [0.2, 0.25) is 0 Å². The van der Waals surface area contributed by atoms with Crippen LogP contribution in [0.15, 0.2) is 18.2 Å². The lowest BCUT2D eigenvalue weighted by molar-refractivity contribution is 0.304. The van der Waals surface area contributed by atoms with Gasteiger partial charge in [-0.1, -0.05) is 26.0 Å². The molecule has 0 saturated heterocycles. The van der Waals surface area contributed by atoms with Crippen molar-refractivity contribution < 1.29 is 5.11 Å². The van der Waals surface area contributed by atoms with E-state index in [-0.39, 0.29) is 13.0 Å². The first-order valence-corrected chi connectivity index (χ1v) is 5.37. The van der Waals surface area contributed by atoms with E-state index in [0.717, 1.165) is 5.69 Å². The summed E-state index contributed by atoms with van der Waals surface area (Å²) in [5.74, 6) is 0.524. The van der Waals surface area contributed by atoms with E-state index in [1.165, 1.54) is 11.1 Å². The maximum absolute atomic E-state index is 7.84. The Balaban J connectivity index is 0.000000385. The van der Waals surface area contributed by atoms with Gasteiger partial charge in [-0.25, -0.2) is 0 Å². The highest BCUT2D eigenvalue weighted by Crippen LogP contribution is 2.24. The number of aliphatic hydroxyl groups excluding tert-OH is 1. The van der Waals surface area contributed by atoms with Crippen LogP contribution in [0.1, 0.15) is 37.3 Å². The van der Waals surface area contributed by atoms with E-state index in [2.05, 4.69) is 26.8 Å². The first-order chi connectivity index (χ1) is 7.54. The van der Waals surface area contributed by atoms with Crippen molar-refractivity contribution in [1.82, 2.24) is 0 Å². The minimum Gasteiger partial charge on any atom is -0.398 e. The van der Waals surface area contributed by atoms with E-state index in [4.69, 9.17) is 16.1 Å². The first kappa shape index (κ1) is 14.5. The van der Waals surface area contributed by atoms with Crippen LogP contribution >= 0.6 is 0 Å². The fourth-order valence-corrected chi connectivity index (χ4v) is 1.54. The van der Waals surface area contributed by atoms with E-state index in [9.17, 15) is 0 Å². The summed E-state index contributed by atoms with van der Waals surface area (Å²) in [5, 5.41) is 15.5. The van der Waals surface area contributed by atoms with Gasteiger partial charge in [-0.05, 0) is 30.0 Å². The highest BCUT2D eigenvalue weighted by Gasteiger charge is 2.05. The summed E-state index contributed by atoms with van der Waals surface area (Å²) in [5.41, 5.74) is 9.32. The van der Waals surface area contributed by atoms with Gasteiger partial charge in [0.1, 0.15) is 0 Å². The van der Waals surface area contributed by atoms with Crippen LogP contribution in [0.4, 0.5) is 5.69 Å². The number of nitriles is 1. The molecule has 88 valence electrons. The first-order valence-electron chi connectivity index (χ1n) is 5.37. The summed E-state index contributed by atoms with van der Waals surface area (Å²) in [4.78, 5) is 0. The van der Waals surface area contributed by atoms with Crippen LogP contribution in [-0.2, 0) is 0 Å². The maximum atomic E-state index is 7.84. The van der Waals surface area contributed by atoms with Gasteiger partial charge in [0, 0.05) is 5.69 Å². The Morgan fingerprint density at radius 1 is 1.44 bits per heavy atom. The third kappa shape index (κ3) is 4.81. The Labute approximate surface area is 97.5 Å². The summed E-state index contributed by atoms with van der Waals surface area (Å²) in [6.07, 6.45) is 0.250. The van der Waals surface area contributed by atoms with Crippen molar-refractivity contribution in [3.05, 3.63) is 29.3 Å². The predicted molar refractivity (Wildman–Crippen MR) is 67.0 cm³/mol. The third-order valence-corrected chi connectivity index (χ3v) is 2.16. The quantitative estimate of drug-likeness (QED) is 0.752.